The molecule has 0 radical (unpaired) electrons. The molecular weight excluding hydrogens is 186 g/mol. The largest absolute Gasteiger partial charge is 0.435 e. The third-order valence-corrected chi connectivity index (χ3v) is 1.73. The molecule has 0 N–H and O–H groups in total. The Kier molecular flexibility index (Phi) is 3.93. The highest BCUT2D eigenvalue weighted by Crippen LogP contribution is 2.21. The Bertz CT molecular complexity index is 328. The second-order valence-electron chi connectivity index (χ2n) is 2.69. The molecule has 1 nitrogen and oxygen atoms in total. The molecular formula is C11H10F2O. The van der Waals surface area contributed by atoms with Gasteiger partial charge in [-0.3, -0.25) is 0 Å². The zero-order valence-electron chi connectivity index (χ0n) is 7.54. The van der Waals surface area contributed by atoms with E-state index in [1.54, 1.807) is 18.2 Å². The van der Waals surface area contributed by atoms with E-state index in [2.05, 4.69) is 10.7 Å². The Balaban J connectivity index is 2.76. The molecule has 0 fully saturated rings. The molecule has 1 aromatic carbocycles. The first kappa shape index (κ1) is 10.5. The zero-order chi connectivity index (χ0) is 10.4. The molecule has 0 aliphatic carbocycles. The van der Waals surface area contributed by atoms with Crippen LogP contribution in [-0.2, 0) is 6.42 Å². The van der Waals surface area contributed by atoms with Crippen LogP contribution in [0.2, 0.25) is 0 Å². The second kappa shape index (κ2) is 5.23. The van der Waals surface area contributed by atoms with Crippen molar-refractivity contribution in [3.63, 3.8) is 0 Å². The summed E-state index contributed by atoms with van der Waals surface area (Å²) in [7, 11) is 0. The molecule has 0 amide bonds. The highest BCUT2D eigenvalue weighted by molar-refractivity contribution is 5.33. The molecule has 0 bridgehead atoms. The van der Waals surface area contributed by atoms with Gasteiger partial charge in [-0.25, -0.2) is 0 Å². The van der Waals surface area contributed by atoms with Gasteiger partial charge in [-0.15, -0.1) is 12.3 Å². The van der Waals surface area contributed by atoms with Crippen molar-refractivity contribution in [3.05, 3.63) is 29.8 Å². The lowest BCUT2D eigenvalue weighted by Crippen LogP contribution is -2.04. The Hall–Kier alpha value is -1.56. The predicted molar refractivity (Wildman–Crippen MR) is 50.2 cm³/mol. The van der Waals surface area contributed by atoms with Gasteiger partial charge in [0.2, 0.25) is 0 Å². The smallest absolute Gasteiger partial charge is 0.387 e. The summed E-state index contributed by atoms with van der Waals surface area (Å²) in [5.74, 6) is 2.66. The van der Waals surface area contributed by atoms with Gasteiger partial charge in [0.1, 0.15) is 5.75 Å². The van der Waals surface area contributed by atoms with Crippen molar-refractivity contribution in [2.24, 2.45) is 0 Å². The molecule has 0 unspecified atom stereocenters. The van der Waals surface area contributed by atoms with Crippen LogP contribution in [0.1, 0.15) is 12.0 Å². The topological polar surface area (TPSA) is 9.23 Å². The standard InChI is InChI=1S/C11H10F2O/c1-2-3-6-9-7-4-5-8-10(9)14-11(12)13/h1,4-5,7-8,11H,3,6H2. The number of alkyl halides is 2. The van der Waals surface area contributed by atoms with Crippen molar-refractivity contribution in [1.29, 1.82) is 0 Å². The number of hydrogen-bond donors (Lipinski definition) is 0. The van der Waals surface area contributed by atoms with Gasteiger partial charge in [0.25, 0.3) is 0 Å². The van der Waals surface area contributed by atoms with E-state index in [-0.39, 0.29) is 5.75 Å². The number of aryl methyl sites for hydroxylation is 1. The van der Waals surface area contributed by atoms with E-state index >= 15 is 0 Å². The van der Waals surface area contributed by atoms with Crippen molar-refractivity contribution >= 4 is 0 Å². The minimum atomic E-state index is -2.79. The lowest BCUT2D eigenvalue weighted by atomic mass is 10.1. The van der Waals surface area contributed by atoms with Gasteiger partial charge < -0.3 is 4.74 Å². The fourth-order valence-corrected chi connectivity index (χ4v) is 1.13. The number of halogens is 2. The van der Waals surface area contributed by atoms with Crippen LogP contribution in [0.4, 0.5) is 8.78 Å². The third-order valence-electron chi connectivity index (χ3n) is 1.73. The fourth-order valence-electron chi connectivity index (χ4n) is 1.13. The van der Waals surface area contributed by atoms with Crippen molar-refractivity contribution in [1.82, 2.24) is 0 Å². The maximum atomic E-state index is 12.0. The first-order valence-electron chi connectivity index (χ1n) is 4.20. The first-order chi connectivity index (χ1) is 6.74. The van der Waals surface area contributed by atoms with Crippen LogP contribution >= 0.6 is 0 Å². The Morgan fingerprint density at radius 2 is 2.07 bits per heavy atom. The van der Waals surface area contributed by atoms with Gasteiger partial charge in [-0.2, -0.15) is 8.78 Å². The van der Waals surface area contributed by atoms with Crippen LogP contribution in [-0.4, -0.2) is 6.61 Å². The molecule has 0 saturated carbocycles. The van der Waals surface area contributed by atoms with E-state index in [9.17, 15) is 8.78 Å². The van der Waals surface area contributed by atoms with Crippen LogP contribution in [0.5, 0.6) is 5.75 Å². The summed E-state index contributed by atoms with van der Waals surface area (Å²) in [6, 6.07) is 6.66. The van der Waals surface area contributed by atoms with E-state index in [0.717, 1.165) is 0 Å². The summed E-state index contributed by atoms with van der Waals surface area (Å²) in [5.41, 5.74) is 0.714. The van der Waals surface area contributed by atoms with Crippen molar-refractivity contribution in [3.8, 4) is 18.1 Å². The molecule has 3 heteroatoms. The molecule has 0 aliphatic heterocycles. The number of terminal acetylenes is 1. The monoisotopic (exact) mass is 196 g/mol. The van der Waals surface area contributed by atoms with Gasteiger partial charge >= 0.3 is 6.61 Å². The Labute approximate surface area is 81.7 Å². The average Bonchev–Trinajstić information content (AvgIpc) is 2.16. The lowest BCUT2D eigenvalue weighted by molar-refractivity contribution is -0.0504. The summed E-state index contributed by atoms with van der Waals surface area (Å²) in [5, 5.41) is 0. The van der Waals surface area contributed by atoms with Gasteiger partial charge in [0.05, 0.1) is 0 Å². The number of hydrogen-bond acceptors (Lipinski definition) is 1. The highest BCUT2D eigenvalue weighted by Gasteiger charge is 2.07. The van der Waals surface area contributed by atoms with E-state index < -0.39 is 6.61 Å². The first-order valence-corrected chi connectivity index (χ1v) is 4.20. The van der Waals surface area contributed by atoms with E-state index in [1.807, 2.05) is 0 Å². The average molecular weight is 196 g/mol. The number of rotatable bonds is 4. The fraction of sp³-hybridized carbons (Fsp3) is 0.273. The van der Waals surface area contributed by atoms with Crippen LogP contribution < -0.4 is 4.74 Å². The molecule has 0 aromatic heterocycles. The Morgan fingerprint density at radius 1 is 1.36 bits per heavy atom. The maximum absolute atomic E-state index is 12.0. The van der Waals surface area contributed by atoms with Crippen LogP contribution in [0.15, 0.2) is 24.3 Å². The molecule has 0 saturated heterocycles. The summed E-state index contributed by atoms with van der Waals surface area (Å²) in [6.45, 7) is -2.79. The molecule has 1 aromatic rings. The minimum Gasteiger partial charge on any atom is -0.435 e. The van der Waals surface area contributed by atoms with Crippen molar-refractivity contribution < 1.29 is 13.5 Å². The van der Waals surface area contributed by atoms with Crippen LogP contribution in [0, 0.1) is 12.3 Å². The summed E-state index contributed by atoms with van der Waals surface area (Å²) >= 11 is 0. The molecule has 0 aliphatic rings. The SMILES string of the molecule is C#CCCc1ccccc1OC(F)F. The highest BCUT2D eigenvalue weighted by atomic mass is 19.3. The molecule has 0 atom stereocenters. The van der Waals surface area contributed by atoms with Crippen molar-refractivity contribution in [2.75, 3.05) is 0 Å². The van der Waals surface area contributed by atoms with Gasteiger partial charge in [-0.05, 0) is 18.1 Å². The molecule has 14 heavy (non-hydrogen) atoms. The number of benzene rings is 1. The Morgan fingerprint density at radius 3 is 2.71 bits per heavy atom. The number of ether oxygens (including phenoxy) is 1. The molecule has 0 heterocycles. The molecule has 1 rings (SSSR count). The summed E-state index contributed by atoms with van der Waals surface area (Å²) < 4.78 is 28.3. The normalized spacial score (nSPS) is 9.86. The predicted octanol–water partition coefficient (Wildman–Crippen LogP) is 2.85. The van der Waals surface area contributed by atoms with E-state index in [1.165, 1.54) is 6.07 Å². The zero-order valence-corrected chi connectivity index (χ0v) is 7.54. The molecule has 74 valence electrons. The molecule has 0 spiro atoms. The quantitative estimate of drug-likeness (QED) is 0.673. The van der Waals surface area contributed by atoms with E-state index in [4.69, 9.17) is 6.42 Å². The summed E-state index contributed by atoms with van der Waals surface area (Å²) in [6.07, 6.45) is 6.16. The van der Waals surface area contributed by atoms with Crippen LogP contribution in [0.3, 0.4) is 0 Å². The second-order valence-corrected chi connectivity index (χ2v) is 2.69. The van der Waals surface area contributed by atoms with Gasteiger partial charge in [0.15, 0.2) is 0 Å². The lowest BCUT2D eigenvalue weighted by Gasteiger charge is -2.08. The van der Waals surface area contributed by atoms with Gasteiger partial charge in [-0.1, -0.05) is 18.2 Å². The van der Waals surface area contributed by atoms with Crippen LogP contribution in [0.25, 0.3) is 0 Å². The number of para-hydroxylation sites is 1. The van der Waals surface area contributed by atoms with Crippen molar-refractivity contribution in [2.45, 2.75) is 19.5 Å². The maximum Gasteiger partial charge on any atom is 0.387 e. The van der Waals surface area contributed by atoms with E-state index in [0.29, 0.717) is 18.4 Å². The minimum absolute atomic E-state index is 0.206. The summed E-state index contributed by atoms with van der Waals surface area (Å²) in [4.78, 5) is 0. The van der Waals surface area contributed by atoms with Gasteiger partial charge in [0, 0.05) is 6.42 Å². The third kappa shape index (κ3) is 3.06.